The van der Waals surface area contributed by atoms with Crippen molar-refractivity contribution in [3.05, 3.63) is 53.1 Å². The summed E-state index contributed by atoms with van der Waals surface area (Å²) >= 11 is 11.7. The van der Waals surface area contributed by atoms with Crippen molar-refractivity contribution in [3.63, 3.8) is 0 Å². The Morgan fingerprint density at radius 2 is 1.96 bits per heavy atom. The first-order valence-electron chi connectivity index (χ1n) is 8.46. The highest BCUT2D eigenvalue weighted by atomic mass is 35.5. The quantitative estimate of drug-likeness (QED) is 0.761. The molecule has 6 nitrogen and oxygen atoms in total. The smallest absolute Gasteiger partial charge is 0.257 e. The summed E-state index contributed by atoms with van der Waals surface area (Å²) in [6.45, 7) is 2.76. The van der Waals surface area contributed by atoms with E-state index in [2.05, 4.69) is 15.5 Å². The van der Waals surface area contributed by atoms with E-state index in [-0.39, 0.29) is 11.0 Å². The molecular formula is C19H20ClN3O3S. The molecule has 0 aliphatic carbocycles. The molecule has 1 saturated heterocycles. The zero-order valence-electron chi connectivity index (χ0n) is 14.8. The van der Waals surface area contributed by atoms with Crippen LogP contribution >= 0.6 is 23.8 Å². The third kappa shape index (κ3) is 4.88. The highest BCUT2D eigenvalue weighted by molar-refractivity contribution is 7.80. The zero-order chi connectivity index (χ0) is 19.2. The van der Waals surface area contributed by atoms with Gasteiger partial charge in [-0.1, -0.05) is 23.7 Å². The number of rotatable bonds is 4. The van der Waals surface area contributed by atoms with Crippen LogP contribution < -0.4 is 20.3 Å². The van der Waals surface area contributed by atoms with E-state index in [1.807, 2.05) is 18.2 Å². The fourth-order valence-corrected chi connectivity index (χ4v) is 3.31. The second kappa shape index (κ2) is 9.03. The first-order valence-corrected chi connectivity index (χ1v) is 9.24. The van der Waals surface area contributed by atoms with Crippen molar-refractivity contribution in [2.45, 2.75) is 0 Å². The van der Waals surface area contributed by atoms with Gasteiger partial charge in [0.05, 0.1) is 36.7 Å². The van der Waals surface area contributed by atoms with E-state index < -0.39 is 0 Å². The summed E-state index contributed by atoms with van der Waals surface area (Å²) in [5, 5.41) is 6.57. The van der Waals surface area contributed by atoms with Crippen molar-refractivity contribution in [2.24, 2.45) is 0 Å². The van der Waals surface area contributed by atoms with Crippen LogP contribution in [0.15, 0.2) is 42.5 Å². The Hall–Kier alpha value is -2.35. The molecule has 1 fully saturated rings. The van der Waals surface area contributed by atoms with Crippen LogP contribution in [0.4, 0.5) is 11.4 Å². The van der Waals surface area contributed by atoms with Crippen molar-refractivity contribution in [1.82, 2.24) is 5.32 Å². The molecule has 8 heteroatoms. The molecule has 27 heavy (non-hydrogen) atoms. The maximum atomic E-state index is 12.4. The number of thiocarbonyl (C=S) groups is 1. The molecule has 3 rings (SSSR count). The maximum absolute atomic E-state index is 12.4. The Labute approximate surface area is 168 Å². The van der Waals surface area contributed by atoms with Crippen LogP contribution in [-0.2, 0) is 4.74 Å². The predicted molar refractivity (Wildman–Crippen MR) is 111 cm³/mol. The number of hydrogen-bond acceptors (Lipinski definition) is 5. The summed E-state index contributed by atoms with van der Waals surface area (Å²) in [6, 6.07) is 12.4. The number of carbonyl (C=O) groups is 1. The summed E-state index contributed by atoms with van der Waals surface area (Å²) in [4.78, 5) is 14.6. The van der Waals surface area contributed by atoms with Gasteiger partial charge in [0, 0.05) is 18.7 Å². The Balaban J connectivity index is 1.72. The molecule has 1 aliphatic heterocycles. The average Bonchev–Trinajstić information content (AvgIpc) is 2.68. The van der Waals surface area contributed by atoms with Gasteiger partial charge in [-0.2, -0.15) is 0 Å². The van der Waals surface area contributed by atoms with Gasteiger partial charge in [-0.25, -0.2) is 0 Å². The number of ether oxygens (including phenoxy) is 2. The molecule has 2 aromatic rings. The molecule has 0 saturated carbocycles. The molecule has 2 aromatic carbocycles. The van der Waals surface area contributed by atoms with Gasteiger partial charge in [0.15, 0.2) is 5.11 Å². The number of carbonyl (C=O) groups excluding carboxylic acids is 1. The van der Waals surface area contributed by atoms with E-state index >= 15 is 0 Å². The van der Waals surface area contributed by atoms with Crippen LogP contribution in [0.3, 0.4) is 0 Å². The molecule has 1 amide bonds. The van der Waals surface area contributed by atoms with Gasteiger partial charge in [0.1, 0.15) is 5.75 Å². The average molecular weight is 406 g/mol. The van der Waals surface area contributed by atoms with Crippen molar-refractivity contribution in [2.75, 3.05) is 43.6 Å². The fourth-order valence-electron chi connectivity index (χ4n) is 2.82. The lowest BCUT2D eigenvalue weighted by Crippen LogP contribution is -2.38. The van der Waals surface area contributed by atoms with Gasteiger partial charge in [0.2, 0.25) is 0 Å². The second-order valence-electron chi connectivity index (χ2n) is 5.88. The van der Waals surface area contributed by atoms with Crippen LogP contribution in [0.25, 0.3) is 0 Å². The minimum atomic E-state index is -0.318. The molecule has 1 heterocycles. The number of amides is 1. The number of methoxy groups -OCH3 is 1. The Morgan fingerprint density at radius 3 is 2.70 bits per heavy atom. The van der Waals surface area contributed by atoms with Gasteiger partial charge in [-0.3, -0.25) is 10.1 Å². The molecule has 2 N–H and O–H groups in total. The molecule has 142 valence electrons. The number of halogens is 1. The third-order valence-corrected chi connectivity index (χ3v) is 4.63. The zero-order valence-corrected chi connectivity index (χ0v) is 16.4. The van der Waals surface area contributed by atoms with E-state index in [9.17, 15) is 4.79 Å². The van der Waals surface area contributed by atoms with Crippen LogP contribution in [0.5, 0.6) is 5.75 Å². The van der Waals surface area contributed by atoms with Crippen LogP contribution in [0.1, 0.15) is 10.4 Å². The summed E-state index contributed by atoms with van der Waals surface area (Å²) in [7, 11) is 1.55. The number of benzene rings is 2. The molecule has 1 aliphatic rings. The van der Waals surface area contributed by atoms with E-state index in [4.69, 9.17) is 33.3 Å². The van der Waals surface area contributed by atoms with Crippen molar-refractivity contribution >= 4 is 46.2 Å². The number of nitrogens with one attached hydrogen (secondary N) is 2. The number of anilines is 2. The topological polar surface area (TPSA) is 62.8 Å². The molecule has 0 aromatic heterocycles. The first-order chi connectivity index (χ1) is 13.1. The van der Waals surface area contributed by atoms with E-state index in [1.165, 1.54) is 0 Å². The number of nitrogens with zero attached hydrogens (tertiary/aromatic N) is 1. The second-order valence-corrected chi connectivity index (χ2v) is 6.69. The lowest BCUT2D eigenvalue weighted by molar-refractivity contribution is 0.0977. The molecular weight excluding hydrogens is 386 g/mol. The third-order valence-electron chi connectivity index (χ3n) is 4.12. The summed E-state index contributed by atoms with van der Waals surface area (Å²) in [5.41, 5.74) is 2.04. The van der Waals surface area contributed by atoms with Crippen molar-refractivity contribution < 1.29 is 14.3 Å². The van der Waals surface area contributed by atoms with Crippen LogP contribution in [0, 0.1) is 0 Å². The molecule has 0 atom stereocenters. The predicted octanol–water partition coefficient (Wildman–Crippen LogP) is 3.31. The van der Waals surface area contributed by atoms with Gasteiger partial charge in [0.25, 0.3) is 5.91 Å². The number of morpholine rings is 1. The minimum absolute atomic E-state index is 0.194. The summed E-state index contributed by atoms with van der Waals surface area (Å²) in [6.07, 6.45) is 0. The monoisotopic (exact) mass is 405 g/mol. The lowest BCUT2D eigenvalue weighted by atomic mass is 10.2. The summed E-state index contributed by atoms with van der Waals surface area (Å²) in [5.74, 6) is 0.285. The van der Waals surface area contributed by atoms with Gasteiger partial charge >= 0.3 is 0 Å². The summed E-state index contributed by atoms with van der Waals surface area (Å²) < 4.78 is 10.5. The Morgan fingerprint density at radius 1 is 1.22 bits per heavy atom. The first kappa shape index (κ1) is 19.4. The highest BCUT2D eigenvalue weighted by Crippen LogP contribution is 2.34. The number of hydrogen-bond donors (Lipinski definition) is 2. The van der Waals surface area contributed by atoms with Crippen LogP contribution in [-0.4, -0.2) is 44.4 Å². The van der Waals surface area contributed by atoms with Crippen molar-refractivity contribution in [3.8, 4) is 5.75 Å². The largest absolute Gasteiger partial charge is 0.497 e. The normalized spacial score (nSPS) is 13.8. The van der Waals surface area contributed by atoms with Gasteiger partial charge in [-0.15, -0.1) is 0 Å². The van der Waals surface area contributed by atoms with E-state index in [0.29, 0.717) is 29.5 Å². The van der Waals surface area contributed by atoms with Gasteiger partial charge < -0.3 is 19.7 Å². The number of para-hydroxylation sites is 1. The highest BCUT2D eigenvalue weighted by Gasteiger charge is 2.19. The lowest BCUT2D eigenvalue weighted by Gasteiger charge is -2.31. The minimum Gasteiger partial charge on any atom is -0.497 e. The van der Waals surface area contributed by atoms with Gasteiger partial charge in [-0.05, 0) is 42.5 Å². The Kier molecular flexibility index (Phi) is 6.49. The van der Waals surface area contributed by atoms with Crippen molar-refractivity contribution in [1.29, 1.82) is 0 Å². The molecule has 0 spiro atoms. The fraction of sp³-hybridized carbons (Fsp3) is 0.263. The van der Waals surface area contributed by atoms with E-state index in [0.717, 1.165) is 24.5 Å². The maximum Gasteiger partial charge on any atom is 0.257 e. The molecule has 0 radical (unpaired) electrons. The standard InChI is InChI=1S/C19H20ClN3O3S/c1-25-14-5-2-4-13(12-14)18(24)22-19(27)21-16-7-3-6-15(20)17(16)23-8-10-26-11-9-23/h2-7,12H,8-11H2,1H3,(H2,21,22,24,27). The SMILES string of the molecule is COc1cccc(C(=O)NC(=S)Nc2cccc(Cl)c2N2CCOCC2)c1. The van der Waals surface area contributed by atoms with E-state index in [1.54, 1.807) is 31.4 Å². The van der Waals surface area contributed by atoms with Crippen LogP contribution in [0.2, 0.25) is 5.02 Å². The Bertz CT molecular complexity index is 841. The molecule has 0 bridgehead atoms. The molecule has 0 unspecified atom stereocenters.